The Kier molecular flexibility index (Phi) is 3.59. The Labute approximate surface area is 138 Å². The third-order valence-corrected chi connectivity index (χ3v) is 6.77. The van der Waals surface area contributed by atoms with E-state index in [-0.39, 0.29) is 5.41 Å². The van der Waals surface area contributed by atoms with Gasteiger partial charge in [0.15, 0.2) is 0 Å². The summed E-state index contributed by atoms with van der Waals surface area (Å²) < 4.78 is 5.69. The van der Waals surface area contributed by atoms with Crippen LogP contribution in [0, 0.1) is 17.3 Å². The van der Waals surface area contributed by atoms with E-state index in [1.807, 2.05) is 0 Å². The fraction of sp³-hybridized carbons (Fsp3) is 0.571. The highest BCUT2D eigenvalue weighted by molar-refractivity contribution is 5.87. The molecule has 23 heavy (non-hydrogen) atoms. The van der Waals surface area contributed by atoms with Crippen LogP contribution < -0.4 is 4.74 Å². The molecule has 4 atom stereocenters. The van der Waals surface area contributed by atoms with E-state index < -0.39 is 0 Å². The van der Waals surface area contributed by atoms with Gasteiger partial charge in [0, 0.05) is 11.8 Å². The maximum absolute atomic E-state index is 12.4. The van der Waals surface area contributed by atoms with Gasteiger partial charge in [-0.25, -0.2) is 0 Å². The van der Waals surface area contributed by atoms with Crippen LogP contribution in [0.25, 0.3) is 0 Å². The number of carbonyl (C=O) groups is 1. The molecule has 0 unspecified atom stereocenters. The number of rotatable bonds is 3. The van der Waals surface area contributed by atoms with Gasteiger partial charge in [0.2, 0.25) is 0 Å². The summed E-state index contributed by atoms with van der Waals surface area (Å²) in [5, 5.41) is 0. The number of hydrogen-bond donors (Lipinski definition) is 0. The van der Waals surface area contributed by atoms with Gasteiger partial charge in [-0.3, -0.25) is 4.79 Å². The van der Waals surface area contributed by atoms with Crippen LogP contribution in [0.5, 0.6) is 5.75 Å². The Hall–Kier alpha value is -1.57. The molecule has 2 heteroatoms. The van der Waals surface area contributed by atoms with Crippen molar-refractivity contribution in [2.45, 2.75) is 51.4 Å². The Morgan fingerprint density at radius 1 is 1.30 bits per heavy atom. The van der Waals surface area contributed by atoms with Crippen LogP contribution in [0.15, 0.2) is 30.9 Å². The van der Waals surface area contributed by atoms with Gasteiger partial charge >= 0.3 is 0 Å². The summed E-state index contributed by atoms with van der Waals surface area (Å²) in [6, 6.07) is 6.62. The zero-order chi connectivity index (χ0) is 16.0. The van der Waals surface area contributed by atoms with E-state index in [4.69, 9.17) is 4.74 Å². The van der Waals surface area contributed by atoms with E-state index in [0.29, 0.717) is 30.1 Å². The van der Waals surface area contributed by atoms with Gasteiger partial charge < -0.3 is 4.74 Å². The Morgan fingerprint density at radius 2 is 2.17 bits per heavy atom. The second-order valence-corrected chi connectivity index (χ2v) is 7.79. The predicted octanol–water partition coefficient (Wildman–Crippen LogP) is 4.68. The molecule has 1 aromatic carbocycles. The molecule has 0 N–H and O–H groups in total. The minimum absolute atomic E-state index is 0.0221. The van der Waals surface area contributed by atoms with Crippen LogP contribution in [0.2, 0.25) is 0 Å². The van der Waals surface area contributed by atoms with Crippen LogP contribution >= 0.6 is 0 Å². The molecule has 1 aromatic rings. The topological polar surface area (TPSA) is 26.3 Å². The van der Waals surface area contributed by atoms with Crippen LogP contribution in [-0.2, 0) is 11.2 Å². The molecular formula is C21H26O2. The summed E-state index contributed by atoms with van der Waals surface area (Å²) in [6.07, 6.45) is 8.32. The van der Waals surface area contributed by atoms with Crippen LogP contribution in [-0.4, -0.2) is 12.4 Å². The summed E-state index contributed by atoms with van der Waals surface area (Å²) in [6.45, 7) is 6.51. The van der Waals surface area contributed by atoms with E-state index in [1.165, 1.54) is 24.0 Å². The molecule has 122 valence electrons. The SMILES string of the molecule is C=CCOc1ccc2c(c1)CC[C@H]1[C@H]2CC[C@@]2(C)C(=O)CC[C@@H]12. The molecule has 3 aliphatic carbocycles. The smallest absolute Gasteiger partial charge is 0.139 e. The lowest BCUT2D eigenvalue weighted by Crippen LogP contribution is -2.42. The molecule has 4 rings (SSSR count). The number of fused-ring (bicyclic) bond motifs is 5. The summed E-state index contributed by atoms with van der Waals surface area (Å²) >= 11 is 0. The molecule has 2 fully saturated rings. The lowest BCUT2D eigenvalue weighted by atomic mass is 9.55. The number of benzene rings is 1. The summed E-state index contributed by atoms with van der Waals surface area (Å²) in [7, 11) is 0. The zero-order valence-corrected chi connectivity index (χ0v) is 14.0. The lowest BCUT2D eigenvalue weighted by molar-refractivity contribution is -0.129. The zero-order valence-electron chi connectivity index (χ0n) is 14.0. The third kappa shape index (κ3) is 2.26. The highest BCUT2D eigenvalue weighted by Crippen LogP contribution is 2.59. The number of ether oxygens (including phenoxy) is 1. The van der Waals surface area contributed by atoms with E-state index in [2.05, 4.69) is 31.7 Å². The van der Waals surface area contributed by atoms with Crippen molar-refractivity contribution in [3.05, 3.63) is 42.0 Å². The first-order valence-electron chi connectivity index (χ1n) is 9.03. The first-order valence-corrected chi connectivity index (χ1v) is 9.03. The highest BCUT2D eigenvalue weighted by Gasteiger charge is 2.54. The monoisotopic (exact) mass is 310 g/mol. The first kappa shape index (κ1) is 15.0. The van der Waals surface area contributed by atoms with Crippen LogP contribution in [0.3, 0.4) is 0 Å². The van der Waals surface area contributed by atoms with Gasteiger partial charge in [0.1, 0.15) is 18.1 Å². The maximum Gasteiger partial charge on any atom is 0.139 e. The highest BCUT2D eigenvalue weighted by atomic mass is 16.5. The molecule has 2 saturated carbocycles. The van der Waals surface area contributed by atoms with Crippen molar-refractivity contribution in [2.75, 3.05) is 6.61 Å². The average molecular weight is 310 g/mol. The van der Waals surface area contributed by atoms with Crippen LogP contribution in [0.1, 0.15) is 56.1 Å². The first-order chi connectivity index (χ1) is 11.1. The molecule has 0 saturated heterocycles. The van der Waals surface area contributed by atoms with E-state index in [9.17, 15) is 4.79 Å². The van der Waals surface area contributed by atoms with Gasteiger partial charge in [-0.15, -0.1) is 0 Å². The third-order valence-electron chi connectivity index (χ3n) is 6.77. The Morgan fingerprint density at radius 3 is 3.00 bits per heavy atom. The largest absolute Gasteiger partial charge is 0.490 e. The molecular weight excluding hydrogens is 284 g/mol. The number of ketones is 1. The number of Topliss-reactive ketones (excluding diaryl/α,β-unsaturated/α-hetero) is 1. The second kappa shape index (κ2) is 5.51. The van der Waals surface area contributed by atoms with Crippen molar-refractivity contribution in [3.8, 4) is 5.75 Å². The van der Waals surface area contributed by atoms with Crippen molar-refractivity contribution >= 4 is 5.78 Å². The molecule has 0 radical (unpaired) electrons. The molecule has 0 aromatic heterocycles. The standard InChI is InChI=1S/C21H26O2/c1-3-12-23-15-5-7-16-14(13-15)4-6-18-17(16)10-11-21(2)19(18)8-9-20(21)22/h3,5,7,13,17-19H,1,4,6,8-12H2,2H3/t17-,18-,19-,21+/m0/s1. The minimum Gasteiger partial charge on any atom is -0.490 e. The second-order valence-electron chi connectivity index (χ2n) is 7.79. The van der Waals surface area contributed by atoms with Crippen molar-refractivity contribution in [1.82, 2.24) is 0 Å². The summed E-state index contributed by atoms with van der Waals surface area (Å²) in [5.74, 6) is 3.45. The Bertz CT molecular complexity index is 647. The van der Waals surface area contributed by atoms with Crippen molar-refractivity contribution in [1.29, 1.82) is 0 Å². The van der Waals surface area contributed by atoms with Crippen molar-refractivity contribution in [2.24, 2.45) is 17.3 Å². The number of aryl methyl sites for hydroxylation is 1. The molecule has 3 aliphatic rings. The summed E-state index contributed by atoms with van der Waals surface area (Å²) in [5.41, 5.74) is 2.96. The van der Waals surface area contributed by atoms with Crippen molar-refractivity contribution < 1.29 is 9.53 Å². The molecule has 2 nitrogen and oxygen atoms in total. The van der Waals surface area contributed by atoms with Gasteiger partial charge in [0.25, 0.3) is 0 Å². The predicted molar refractivity (Wildman–Crippen MR) is 91.8 cm³/mol. The van der Waals surface area contributed by atoms with Crippen molar-refractivity contribution in [3.63, 3.8) is 0 Å². The van der Waals surface area contributed by atoms with Gasteiger partial charge in [0.05, 0.1) is 0 Å². The fourth-order valence-corrected chi connectivity index (χ4v) is 5.57. The van der Waals surface area contributed by atoms with E-state index in [1.54, 1.807) is 6.08 Å². The molecule has 0 bridgehead atoms. The van der Waals surface area contributed by atoms with E-state index >= 15 is 0 Å². The quantitative estimate of drug-likeness (QED) is 0.758. The molecule has 0 amide bonds. The number of hydrogen-bond acceptors (Lipinski definition) is 2. The molecule has 0 heterocycles. The molecule has 0 aliphatic heterocycles. The van der Waals surface area contributed by atoms with Gasteiger partial charge in [-0.05, 0) is 73.1 Å². The lowest BCUT2D eigenvalue weighted by Gasteiger charge is -2.48. The van der Waals surface area contributed by atoms with Gasteiger partial charge in [-0.2, -0.15) is 0 Å². The van der Waals surface area contributed by atoms with Gasteiger partial charge in [-0.1, -0.05) is 25.6 Å². The molecule has 0 spiro atoms. The normalized spacial score (nSPS) is 35.2. The maximum atomic E-state index is 12.4. The van der Waals surface area contributed by atoms with Crippen LogP contribution in [0.4, 0.5) is 0 Å². The number of carbonyl (C=O) groups excluding carboxylic acids is 1. The van der Waals surface area contributed by atoms with E-state index in [0.717, 1.165) is 31.4 Å². The average Bonchev–Trinajstić information content (AvgIpc) is 2.88. The minimum atomic E-state index is -0.0221. The fourth-order valence-electron chi connectivity index (χ4n) is 5.57. The summed E-state index contributed by atoms with van der Waals surface area (Å²) in [4.78, 5) is 12.4. The Balaban J connectivity index is 1.62.